The van der Waals surface area contributed by atoms with E-state index in [1.165, 1.54) is 11.1 Å². The summed E-state index contributed by atoms with van der Waals surface area (Å²) in [6.07, 6.45) is 3.79. The Hall–Kier alpha value is -1.11. The van der Waals surface area contributed by atoms with Crippen LogP contribution in [0.1, 0.15) is 11.1 Å². The molecule has 1 aliphatic rings. The Balaban J connectivity index is 1.69. The quantitative estimate of drug-likeness (QED) is 0.803. The molecule has 0 N–H and O–H groups in total. The van der Waals surface area contributed by atoms with Crippen molar-refractivity contribution in [3.63, 3.8) is 0 Å². The van der Waals surface area contributed by atoms with E-state index in [9.17, 15) is 0 Å². The SMILES string of the molecule is Ic1ncn(CCc2ccc3c(c2)CCO3)n1. The van der Waals surface area contributed by atoms with Crippen molar-refractivity contribution in [2.75, 3.05) is 6.61 Å². The van der Waals surface area contributed by atoms with E-state index in [0.717, 1.165) is 35.6 Å². The van der Waals surface area contributed by atoms with Gasteiger partial charge in [-0.1, -0.05) is 12.1 Å². The smallest absolute Gasteiger partial charge is 0.211 e. The summed E-state index contributed by atoms with van der Waals surface area (Å²) in [5.41, 5.74) is 2.66. The lowest BCUT2D eigenvalue weighted by Gasteiger charge is -2.04. The van der Waals surface area contributed by atoms with Crippen LogP contribution in [0.4, 0.5) is 0 Å². The summed E-state index contributed by atoms with van der Waals surface area (Å²) >= 11 is 2.12. The van der Waals surface area contributed by atoms with Crippen LogP contribution in [-0.4, -0.2) is 21.4 Å². The summed E-state index contributed by atoms with van der Waals surface area (Å²) < 4.78 is 8.17. The second-order valence-electron chi connectivity index (χ2n) is 4.07. The zero-order valence-corrected chi connectivity index (χ0v) is 11.4. The number of rotatable bonds is 3. The lowest BCUT2D eigenvalue weighted by Crippen LogP contribution is -2.02. The van der Waals surface area contributed by atoms with Crippen molar-refractivity contribution in [3.05, 3.63) is 39.5 Å². The molecule has 0 fully saturated rings. The first kappa shape index (κ1) is 11.0. The van der Waals surface area contributed by atoms with Crippen LogP contribution in [-0.2, 0) is 19.4 Å². The fourth-order valence-electron chi connectivity index (χ4n) is 2.02. The van der Waals surface area contributed by atoms with E-state index in [2.05, 4.69) is 50.9 Å². The highest BCUT2D eigenvalue weighted by Gasteiger charge is 2.11. The van der Waals surface area contributed by atoms with Gasteiger partial charge in [-0.05, 0) is 23.6 Å². The molecule has 0 unspecified atom stereocenters. The van der Waals surface area contributed by atoms with Gasteiger partial charge in [0.2, 0.25) is 3.83 Å². The number of nitrogens with zero attached hydrogens (tertiary/aromatic N) is 3. The van der Waals surface area contributed by atoms with Crippen LogP contribution >= 0.6 is 22.6 Å². The summed E-state index contributed by atoms with van der Waals surface area (Å²) in [7, 11) is 0. The van der Waals surface area contributed by atoms with E-state index in [1.54, 1.807) is 6.33 Å². The maximum absolute atomic E-state index is 5.49. The van der Waals surface area contributed by atoms with Crippen molar-refractivity contribution in [2.45, 2.75) is 19.4 Å². The number of halogens is 1. The fourth-order valence-corrected chi connectivity index (χ4v) is 2.42. The van der Waals surface area contributed by atoms with Gasteiger partial charge >= 0.3 is 0 Å². The predicted molar refractivity (Wildman–Crippen MR) is 72.1 cm³/mol. The van der Waals surface area contributed by atoms with E-state index in [0.29, 0.717) is 0 Å². The topological polar surface area (TPSA) is 39.9 Å². The number of hydrogen-bond acceptors (Lipinski definition) is 3. The summed E-state index contributed by atoms with van der Waals surface area (Å²) in [4.78, 5) is 4.11. The molecule has 0 amide bonds. The molecule has 0 bridgehead atoms. The Morgan fingerprint density at radius 3 is 3.18 bits per heavy atom. The summed E-state index contributed by atoms with van der Waals surface area (Å²) in [5, 5.41) is 4.27. The average Bonchev–Trinajstić information content (AvgIpc) is 2.94. The third-order valence-corrected chi connectivity index (χ3v) is 3.39. The van der Waals surface area contributed by atoms with Crippen molar-refractivity contribution < 1.29 is 4.74 Å². The standard InChI is InChI=1S/C12H12IN3O/c13-12-14-8-16(15-12)5-3-9-1-2-11-10(7-9)4-6-17-11/h1-2,7-8H,3-6H2. The Morgan fingerprint density at radius 2 is 2.35 bits per heavy atom. The van der Waals surface area contributed by atoms with Crippen molar-refractivity contribution in [2.24, 2.45) is 0 Å². The average molecular weight is 341 g/mol. The van der Waals surface area contributed by atoms with Gasteiger partial charge in [0, 0.05) is 35.6 Å². The van der Waals surface area contributed by atoms with E-state index < -0.39 is 0 Å². The number of aryl methyl sites for hydroxylation is 2. The second-order valence-corrected chi connectivity index (χ2v) is 5.03. The van der Waals surface area contributed by atoms with Gasteiger partial charge in [-0.3, -0.25) is 4.68 Å². The lowest BCUT2D eigenvalue weighted by atomic mass is 10.1. The first-order chi connectivity index (χ1) is 8.31. The molecular weight excluding hydrogens is 329 g/mol. The highest BCUT2D eigenvalue weighted by Crippen LogP contribution is 2.26. The minimum atomic E-state index is 0.796. The molecule has 0 spiro atoms. The van der Waals surface area contributed by atoms with Gasteiger partial charge in [0.1, 0.15) is 12.1 Å². The zero-order valence-electron chi connectivity index (χ0n) is 9.27. The Labute approximate surface area is 113 Å². The van der Waals surface area contributed by atoms with Gasteiger partial charge in [0.05, 0.1) is 6.61 Å². The Morgan fingerprint density at radius 1 is 1.41 bits per heavy atom. The van der Waals surface area contributed by atoms with E-state index in [-0.39, 0.29) is 0 Å². The molecule has 0 saturated heterocycles. The lowest BCUT2D eigenvalue weighted by molar-refractivity contribution is 0.357. The first-order valence-electron chi connectivity index (χ1n) is 5.61. The van der Waals surface area contributed by atoms with Gasteiger partial charge in [-0.25, -0.2) is 4.98 Å². The number of aromatic nitrogens is 3. The second kappa shape index (κ2) is 4.64. The number of benzene rings is 1. The molecule has 17 heavy (non-hydrogen) atoms. The molecule has 1 aromatic heterocycles. The molecule has 2 heterocycles. The minimum absolute atomic E-state index is 0.796. The summed E-state index contributed by atoms with van der Waals surface area (Å²) in [5.74, 6) is 1.05. The highest BCUT2D eigenvalue weighted by molar-refractivity contribution is 14.1. The van der Waals surface area contributed by atoms with Gasteiger partial charge in [0.15, 0.2) is 0 Å². The molecule has 4 nitrogen and oxygen atoms in total. The minimum Gasteiger partial charge on any atom is -0.493 e. The molecular formula is C12H12IN3O. The molecule has 0 saturated carbocycles. The molecule has 5 heteroatoms. The maximum atomic E-state index is 5.49. The van der Waals surface area contributed by atoms with Crippen LogP contribution in [0, 0.1) is 3.83 Å². The van der Waals surface area contributed by atoms with Crippen molar-refractivity contribution in [1.82, 2.24) is 14.8 Å². The van der Waals surface area contributed by atoms with Crippen LogP contribution in [0.5, 0.6) is 5.75 Å². The summed E-state index contributed by atoms with van der Waals surface area (Å²) in [6, 6.07) is 6.44. The molecule has 88 valence electrons. The molecule has 2 aromatic rings. The fraction of sp³-hybridized carbons (Fsp3) is 0.333. The number of ether oxygens (including phenoxy) is 1. The molecule has 3 rings (SSSR count). The molecule has 0 radical (unpaired) electrons. The summed E-state index contributed by atoms with van der Waals surface area (Å²) in [6.45, 7) is 1.69. The van der Waals surface area contributed by atoms with Crippen LogP contribution in [0.25, 0.3) is 0 Å². The van der Waals surface area contributed by atoms with Gasteiger partial charge in [-0.15, -0.1) is 5.10 Å². The monoisotopic (exact) mass is 341 g/mol. The van der Waals surface area contributed by atoms with E-state index in [1.807, 2.05) is 4.68 Å². The van der Waals surface area contributed by atoms with E-state index >= 15 is 0 Å². The Bertz CT molecular complexity index is 538. The van der Waals surface area contributed by atoms with Crippen LogP contribution in [0.3, 0.4) is 0 Å². The van der Waals surface area contributed by atoms with Crippen molar-refractivity contribution >= 4 is 22.6 Å². The van der Waals surface area contributed by atoms with E-state index in [4.69, 9.17) is 4.74 Å². The molecule has 0 aliphatic carbocycles. The third-order valence-electron chi connectivity index (χ3n) is 2.89. The molecule has 1 aromatic carbocycles. The Kier molecular flexibility index (Phi) is 3.00. The van der Waals surface area contributed by atoms with Gasteiger partial charge in [0.25, 0.3) is 0 Å². The number of fused-ring (bicyclic) bond motifs is 1. The third kappa shape index (κ3) is 2.43. The van der Waals surface area contributed by atoms with Crippen molar-refractivity contribution in [3.8, 4) is 5.75 Å². The zero-order chi connectivity index (χ0) is 11.7. The van der Waals surface area contributed by atoms with Crippen molar-refractivity contribution in [1.29, 1.82) is 0 Å². The first-order valence-corrected chi connectivity index (χ1v) is 6.69. The normalized spacial score (nSPS) is 13.5. The largest absolute Gasteiger partial charge is 0.493 e. The van der Waals surface area contributed by atoms with Gasteiger partial charge in [-0.2, -0.15) is 0 Å². The molecule has 1 aliphatic heterocycles. The van der Waals surface area contributed by atoms with Gasteiger partial charge < -0.3 is 4.74 Å². The predicted octanol–water partition coefficient (Wildman–Crippen LogP) is 2.06. The molecule has 0 atom stereocenters. The number of hydrogen-bond donors (Lipinski definition) is 0. The van der Waals surface area contributed by atoms with Crippen LogP contribution < -0.4 is 4.74 Å². The highest BCUT2D eigenvalue weighted by atomic mass is 127. The van der Waals surface area contributed by atoms with Crippen LogP contribution in [0.2, 0.25) is 0 Å². The van der Waals surface area contributed by atoms with Crippen LogP contribution in [0.15, 0.2) is 24.5 Å². The maximum Gasteiger partial charge on any atom is 0.211 e.